The zero-order chi connectivity index (χ0) is 12.8. The van der Waals surface area contributed by atoms with Crippen LogP contribution >= 0.6 is 0 Å². The summed E-state index contributed by atoms with van der Waals surface area (Å²) in [5.41, 5.74) is 7.51. The van der Waals surface area contributed by atoms with Crippen molar-refractivity contribution in [2.24, 2.45) is 10.9 Å². The van der Waals surface area contributed by atoms with Crippen LogP contribution in [0.4, 0.5) is 5.69 Å². The van der Waals surface area contributed by atoms with Gasteiger partial charge >= 0.3 is 0 Å². The summed E-state index contributed by atoms with van der Waals surface area (Å²) < 4.78 is 5.26. The van der Waals surface area contributed by atoms with E-state index in [2.05, 4.69) is 10.5 Å². The predicted octanol–water partition coefficient (Wildman–Crippen LogP) is 1.94. The molecule has 0 saturated heterocycles. The topological polar surface area (TPSA) is 79.9 Å². The van der Waals surface area contributed by atoms with Crippen molar-refractivity contribution in [3.8, 4) is 5.75 Å². The van der Waals surface area contributed by atoms with Gasteiger partial charge in [0.05, 0.1) is 12.8 Å². The van der Waals surface area contributed by atoms with E-state index in [1.54, 1.807) is 7.11 Å². The number of nitrogens with two attached hydrogens (primary N) is 1. The first kappa shape index (κ1) is 13.2. The molecule has 5 heteroatoms. The van der Waals surface area contributed by atoms with Crippen LogP contribution in [-0.4, -0.2) is 24.2 Å². The molecule has 0 aromatic heterocycles. The van der Waals surface area contributed by atoms with Gasteiger partial charge in [-0.05, 0) is 31.5 Å². The van der Waals surface area contributed by atoms with Crippen molar-refractivity contribution in [2.45, 2.75) is 26.3 Å². The summed E-state index contributed by atoms with van der Waals surface area (Å²) in [4.78, 5) is 0. The van der Waals surface area contributed by atoms with Crippen LogP contribution in [0.3, 0.4) is 0 Å². The van der Waals surface area contributed by atoms with Crippen molar-refractivity contribution in [3.63, 3.8) is 0 Å². The van der Waals surface area contributed by atoms with E-state index in [-0.39, 0.29) is 11.9 Å². The number of nitrogens with zero attached hydrogens (tertiary/aromatic N) is 1. The molecule has 1 rings (SSSR count). The quantitative estimate of drug-likeness (QED) is 0.316. The number of benzene rings is 1. The highest BCUT2D eigenvalue weighted by atomic mass is 16.5. The Hall–Kier alpha value is -1.91. The second-order valence-corrected chi connectivity index (χ2v) is 4.04. The molecule has 17 heavy (non-hydrogen) atoms. The van der Waals surface area contributed by atoms with Gasteiger partial charge in [0.15, 0.2) is 0 Å². The van der Waals surface area contributed by atoms with Crippen molar-refractivity contribution < 1.29 is 9.94 Å². The Morgan fingerprint density at radius 2 is 2.29 bits per heavy atom. The maximum atomic E-state index is 8.51. The standard InChI is InChI=1S/C12H19N3O2/c1-8-4-5-11(17-3)10(6-8)14-9(2)7-12(13)15-16/h4-6,9,14,16H,7H2,1-3H3,(H2,13,15). The number of rotatable bonds is 5. The first-order valence-electron chi connectivity index (χ1n) is 5.44. The number of nitrogens with one attached hydrogen (secondary N) is 1. The van der Waals surface area contributed by atoms with Crippen LogP contribution in [-0.2, 0) is 0 Å². The smallest absolute Gasteiger partial charge is 0.141 e. The monoisotopic (exact) mass is 237 g/mol. The molecule has 0 radical (unpaired) electrons. The molecule has 0 saturated carbocycles. The largest absolute Gasteiger partial charge is 0.495 e. The average Bonchev–Trinajstić information content (AvgIpc) is 2.29. The van der Waals surface area contributed by atoms with Gasteiger partial charge in [0.2, 0.25) is 0 Å². The number of hydrogen-bond donors (Lipinski definition) is 3. The summed E-state index contributed by atoms with van der Waals surface area (Å²) in [6.45, 7) is 3.97. The molecule has 0 aliphatic carbocycles. The second kappa shape index (κ2) is 5.98. The molecule has 0 bridgehead atoms. The highest BCUT2D eigenvalue weighted by Crippen LogP contribution is 2.26. The predicted molar refractivity (Wildman–Crippen MR) is 68.8 cm³/mol. The Kier molecular flexibility index (Phi) is 4.63. The number of methoxy groups -OCH3 is 1. The molecule has 1 aromatic rings. The Balaban J connectivity index is 2.76. The van der Waals surface area contributed by atoms with E-state index >= 15 is 0 Å². The van der Waals surface area contributed by atoms with Crippen LogP contribution in [0, 0.1) is 6.92 Å². The van der Waals surface area contributed by atoms with Gasteiger partial charge < -0.3 is 21.0 Å². The van der Waals surface area contributed by atoms with E-state index in [9.17, 15) is 0 Å². The Morgan fingerprint density at radius 1 is 1.59 bits per heavy atom. The minimum Gasteiger partial charge on any atom is -0.495 e. The lowest BCUT2D eigenvalue weighted by molar-refractivity contribution is 0.316. The average molecular weight is 237 g/mol. The normalized spacial score (nSPS) is 13.2. The summed E-state index contributed by atoms with van der Waals surface area (Å²) in [6, 6.07) is 5.95. The van der Waals surface area contributed by atoms with E-state index in [0.717, 1.165) is 17.0 Å². The van der Waals surface area contributed by atoms with E-state index in [1.807, 2.05) is 32.0 Å². The fourth-order valence-corrected chi connectivity index (χ4v) is 1.61. The van der Waals surface area contributed by atoms with E-state index in [1.165, 1.54) is 0 Å². The third-order valence-electron chi connectivity index (χ3n) is 2.40. The summed E-state index contributed by atoms with van der Waals surface area (Å²) in [5.74, 6) is 0.985. The second-order valence-electron chi connectivity index (χ2n) is 4.04. The molecule has 94 valence electrons. The third kappa shape index (κ3) is 3.86. The Morgan fingerprint density at radius 3 is 2.88 bits per heavy atom. The SMILES string of the molecule is COc1ccc(C)cc1NC(C)CC(N)=NO. The van der Waals surface area contributed by atoms with Gasteiger partial charge in [0.25, 0.3) is 0 Å². The van der Waals surface area contributed by atoms with Crippen LogP contribution in [0.5, 0.6) is 5.75 Å². The molecule has 0 fully saturated rings. The molecule has 4 N–H and O–H groups in total. The van der Waals surface area contributed by atoms with Crippen molar-refractivity contribution >= 4 is 11.5 Å². The van der Waals surface area contributed by atoms with Crippen LogP contribution in [0.25, 0.3) is 0 Å². The number of aryl methyl sites for hydroxylation is 1. The van der Waals surface area contributed by atoms with Crippen LogP contribution in [0.15, 0.2) is 23.4 Å². The summed E-state index contributed by atoms with van der Waals surface area (Å²) in [7, 11) is 1.63. The summed E-state index contributed by atoms with van der Waals surface area (Å²) in [6.07, 6.45) is 0.466. The van der Waals surface area contributed by atoms with Gasteiger partial charge in [0.1, 0.15) is 11.6 Å². The van der Waals surface area contributed by atoms with Gasteiger partial charge in [-0.2, -0.15) is 0 Å². The number of amidine groups is 1. The molecule has 1 aromatic carbocycles. The summed E-state index contributed by atoms with van der Waals surface area (Å²) >= 11 is 0. The highest BCUT2D eigenvalue weighted by molar-refractivity contribution is 5.80. The lowest BCUT2D eigenvalue weighted by Crippen LogP contribution is -2.24. The fourth-order valence-electron chi connectivity index (χ4n) is 1.61. The lowest BCUT2D eigenvalue weighted by atomic mass is 10.1. The zero-order valence-corrected chi connectivity index (χ0v) is 10.4. The lowest BCUT2D eigenvalue weighted by Gasteiger charge is -2.17. The molecule has 1 atom stereocenters. The summed E-state index contributed by atoms with van der Waals surface area (Å²) in [5, 5.41) is 14.7. The maximum Gasteiger partial charge on any atom is 0.141 e. The van der Waals surface area contributed by atoms with Crippen LogP contribution < -0.4 is 15.8 Å². The molecule has 5 nitrogen and oxygen atoms in total. The number of oxime groups is 1. The fraction of sp³-hybridized carbons (Fsp3) is 0.417. The Labute approximate surface area is 101 Å². The first-order valence-corrected chi connectivity index (χ1v) is 5.44. The van der Waals surface area contributed by atoms with Crippen molar-refractivity contribution in [2.75, 3.05) is 12.4 Å². The van der Waals surface area contributed by atoms with Crippen LogP contribution in [0.2, 0.25) is 0 Å². The molecular weight excluding hydrogens is 218 g/mol. The molecule has 0 aliphatic heterocycles. The molecular formula is C12H19N3O2. The van der Waals surface area contributed by atoms with Crippen molar-refractivity contribution in [3.05, 3.63) is 23.8 Å². The van der Waals surface area contributed by atoms with Gasteiger partial charge in [-0.25, -0.2) is 0 Å². The minimum absolute atomic E-state index is 0.0570. The molecule has 0 heterocycles. The van der Waals surface area contributed by atoms with Crippen molar-refractivity contribution in [1.29, 1.82) is 0 Å². The number of hydrogen-bond acceptors (Lipinski definition) is 4. The van der Waals surface area contributed by atoms with E-state index in [4.69, 9.17) is 15.7 Å². The van der Waals surface area contributed by atoms with Crippen LogP contribution in [0.1, 0.15) is 18.9 Å². The molecule has 0 aliphatic rings. The molecule has 1 unspecified atom stereocenters. The molecule has 0 spiro atoms. The van der Waals surface area contributed by atoms with Gasteiger partial charge in [-0.3, -0.25) is 0 Å². The van der Waals surface area contributed by atoms with Crippen molar-refractivity contribution in [1.82, 2.24) is 0 Å². The van der Waals surface area contributed by atoms with Gasteiger partial charge in [0, 0.05) is 12.5 Å². The number of ether oxygens (including phenoxy) is 1. The zero-order valence-electron chi connectivity index (χ0n) is 10.4. The third-order valence-corrected chi connectivity index (χ3v) is 2.40. The Bertz CT molecular complexity index is 405. The van der Waals surface area contributed by atoms with Gasteiger partial charge in [-0.1, -0.05) is 11.2 Å². The number of anilines is 1. The maximum absolute atomic E-state index is 8.51. The van der Waals surface area contributed by atoms with E-state index < -0.39 is 0 Å². The minimum atomic E-state index is 0.0570. The van der Waals surface area contributed by atoms with E-state index in [0.29, 0.717) is 6.42 Å². The highest BCUT2D eigenvalue weighted by Gasteiger charge is 2.08. The molecule has 0 amide bonds. The van der Waals surface area contributed by atoms with Gasteiger partial charge in [-0.15, -0.1) is 0 Å². The first-order chi connectivity index (χ1) is 8.06.